The Morgan fingerprint density at radius 3 is 2.40 bits per heavy atom. The van der Waals surface area contributed by atoms with Crippen LogP contribution < -0.4 is 5.32 Å². The van der Waals surface area contributed by atoms with E-state index in [2.05, 4.69) is 27.1 Å². The van der Waals surface area contributed by atoms with E-state index in [4.69, 9.17) is 0 Å². The van der Waals surface area contributed by atoms with Gasteiger partial charge in [0.2, 0.25) is 5.95 Å². The topological polar surface area (TPSA) is 61.4 Å². The molecule has 1 heterocycles. The summed E-state index contributed by atoms with van der Waals surface area (Å²) in [6.07, 6.45) is 5.24. The van der Waals surface area contributed by atoms with Crippen molar-refractivity contribution in [3.05, 3.63) is 18.0 Å². The molecule has 1 aromatic heterocycles. The fraction of sp³-hybridized carbons (Fsp3) is 0.643. The summed E-state index contributed by atoms with van der Waals surface area (Å²) in [4.78, 5) is 24.2. The third-order valence-corrected chi connectivity index (χ3v) is 2.93. The van der Waals surface area contributed by atoms with E-state index in [0.717, 1.165) is 32.5 Å². The first-order valence-corrected chi connectivity index (χ1v) is 7.00. The zero-order chi connectivity index (χ0) is 15.0. The summed E-state index contributed by atoms with van der Waals surface area (Å²) in [5.41, 5.74) is 0.529. The maximum Gasteiger partial charge on any atom is 0.256 e. The van der Waals surface area contributed by atoms with Gasteiger partial charge in [-0.3, -0.25) is 4.79 Å². The van der Waals surface area contributed by atoms with Crippen molar-refractivity contribution in [3.8, 4) is 0 Å². The molecule has 1 amide bonds. The van der Waals surface area contributed by atoms with Gasteiger partial charge < -0.3 is 15.1 Å². The van der Waals surface area contributed by atoms with Crippen LogP contribution in [0.2, 0.25) is 0 Å². The highest BCUT2D eigenvalue weighted by molar-refractivity contribution is 5.93. The monoisotopic (exact) mass is 279 g/mol. The molecule has 0 aliphatic rings. The van der Waals surface area contributed by atoms with Crippen molar-refractivity contribution < 1.29 is 4.79 Å². The molecule has 1 aromatic rings. The lowest BCUT2D eigenvalue weighted by atomic mass is 10.2. The fourth-order valence-corrected chi connectivity index (χ4v) is 1.64. The fourth-order valence-electron chi connectivity index (χ4n) is 1.64. The lowest BCUT2D eigenvalue weighted by Gasteiger charge is -2.16. The quantitative estimate of drug-likeness (QED) is 0.777. The van der Waals surface area contributed by atoms with Gasteiger partial charge in [0.15, 0.2) is 0 Å². The standard InChI is InChI=1S/C14H25N5O/c1-5-6-8-19(4)13(20)12-10-16-14(17-11-12)15-7-9-18(2)3/h10-11H,5-9H2,1-4H3,(H,15,16,17). The predicted octanol–water partition coefficient (Wildman–Crippen LogP) is 1.32. The number of aromatic nitrogens is 2. The second-order valence-electron chi connectivity index (χ2n) is 5.11. The molecule has 6 heteroatoms. The van der Waals surface area contributed by atoms with Crippen LogP contribution >= 0.6 is 0 Å². The Morgan fingerprint density at radius 2 is 1.85 bits per heavy atom. The number of carbonyl (C=O) groups excluding carboxylic acids is 1. The molecular formula is C14H25N5O. The minimum atomic E-state index is -0.0294. The predicted molar refractivity (Wildman–Crippen MR) is 80.9 cm³/mol. The Balaban J connectivity index is 2.50. The number of unbranched alkanes of at least 4 members (excludes halogenated alkanes) is 1. The second kappa shape index (κ2) is 8.47. The molecule has 0 fully saturated rings. The van der Waals surface area contributed by atoms with Crippen LogP contribution in [0.15, 0.2) is 12.4 Å². The van der Waals surface area contributed by atoms with Crippen molar-refractivity contribution in [2.45, 2.75) is 19.8 Å². The lowest BCUT2D eigenvalue weighted by Crippen LogP contribution is -2.28. The highest BCUT2D eigenvalue weighted by Gasteiger charge is 2.12. The average Bonchev–Trinajstić information content (AvgIpc) is 2.44. The third kappa shape index (κ3) is 5.52. The highest BCUT2D eigenvalue weighted by Crippen LogP contribution is 2.04. The van der Waals surface area contributed by atoms with Crippen molar-refractivity contribution >= 4 is 11.9 Å². The van der Waals surface area contributed by atoms with Gasteiger partial charge in [0.25, 0.3) is 5.91 Å². The van der Waals surface area contributed by atoms with Gasteiger partial charge in [-0.2, -0.15) is 0 Å². The first-order valence-electron chi connectivity index (χ1n) is 7.00. The summed E-state index contributed by atoms with van der Waals surface area (Å²) < 4.78 is 0. The van der Waals surface area contributed by atoms with Crippen molar-refractivity contribution in [3.63, 3.8) is 0 Å². The minimum Gasteiger partial charge on any atom is -0.353 e. The number of carbonyl (C=O) groups is 1. The lowest BCUT2D eigenvalue weighted by molar-refractivity contribution is 0.0792. The summed E-state index contributed by atoms with van der Waals surface area (Å²) in [6.45, 7) is 4.55. The van der Waals surface area contributed by atoms with E-state index in [1.165, 1.54) is 0 Å². The molecule has 20 heavy (non-hydrogen) atoms. The molecule has 0 saturated heterocycles. The van der Waals surface area contributed by atoms with Crippen LogP contribution in [-0.2, 0) is 0 Å². The van der Waals surface area contributed by atoms with Crippen LogP contribution in [0.1, 0.15) is 30.1 Å². The van der Waals surface area contributed by atoms with Gasteiger partial charge >= 0.3 is 0 Å². The Hall–Kier alpha value is -1.69. The van der Waals surface area contributed by atoms with Gasteiger partial charge in [0.05, 0.1) is 5.56 Å². The number of rotatable bonds is 8. The number of hydrogen-bond acceptors (Lipinski definition) is 5. The Morgan fingerprint density at radius 1 is 1.20 bits per heavy atom. The van der Waals surface area contributed by atoms with Gasteiger partial charge in [-0.25, -0.2) is 9.97 Å². The molecule has 0 spiro atoms. The molecule has 0 unspecified atom stereocenters. The van der Waals surface area contributed by atoms with Gasteiger partial charge in [0.1, 0.15) is 0 Å². The van der Waals surface area contributed by atoms with Crippen LogP contribution in [0.25, 0.3) is 0 Å². The Bertz CT molecular complexity index is 405. The third-order valence-electron chi connectivity index (χ3n) is 2.93. The molecule has 1 N–H and O–H groups in total. The normalized spacial score (nSPS) is 10.7. The molecule has 0 aromatic carbocycles. The molecular weight excluding hydrogens is 254 g/mol. The highest BCUT2D eigenvalue weighted by atomic mass is 16.2. The van der Waals surface area contributed by atoms with Crippen molar-refractivity contribution in [2.24, 2.45) is 0 Å². The first-order chi connectivity index (χ1) is 9.54. The first kappa shape index (κ1) is 16.4. The van der Waals surface area contributed by atoms with Gasteiger partial charge in [-0.1, -0.05) is 13.3 Å². The number of hydrogen-bond donors (Lipinski definition) is 1. The maximum atomic E-state index is 12.1. The van der Waals surface area contributed by atoms with E-state index in [0.29, 0.717) is 11.5 Å². The molecule has 0 radical (unpaired) electrons. The van der Waals surface area contributed by atoms with Gasteiger partial charge in [0, 0.05) is 39.1 Å². The molecule has 0 atom stereocenters. The van der Waals surface area contributed by atoms with Gasteiger partial charge in [-0.05, 0) is 20.5 Å². The molecule has 0 saturated carbocycles. The van der Waals surface area contributed by atoms with Crippen LogP contribution in [0, 0.1) is 0 Å². The molecule has 0 aliphatic carbocycles. The smallest absolute Gasteiger partial charge is 0.256 e. The SMILES string of the molecule is CCCCN(C)C(=O)c1cnc(NCCN(C)C)nc1. The van der Waals surface area contributed by atoms with Crippen molar-refractivity contribution in [2.75, 3.05) is 46.1 Å². The molecule has 1 rings (SSSR count). The average molecular weight is 279 g/mol. The maximum absolute atomic E-state index is 12.1. The van der Waals surface area contributed by atoms with E-state index in [-0.39, 0.29) is 5.91 Å². The summed E-state index contributed by atoms with van der Waals surface area (Å²) in [5.74, 6) is 0.526. The van der Waals surface area contributed by atoms with Crippen LogP contribution in [-0.4, -0.2) is 66.5 Å². The van der Waals surface area contributed by atoms with Crippen LogP contribution in [0.5, 0.6) is 0 Å². The Kier molecular flexibility index (Phi) is 6.93. The Labute approximate surface area is 121 Å². The summed E-state index contributed by atoms with van der Waals surface area (Å²) in [5, 5.41) is 3.12. The van der Waals surface area contributed by atoms with E-state index in [1.54, 1.807) is 24.3 Å². The zero-order valence-corrected chi connectivity index (χ0v) is 12.9. The van der Waals surface area contributed by atoms with E-state index in [9.17, 15) is 4.79 Å². The molecule has 0 aliphatic heterocycles. The van der Waals surface area contributed by atoms with Crippen LogP contribution in [0.3, 0.4) is 0 Å². The molecule has 0 bridgehead atoms. The largest absolute Gasteiger partial charge is 0.353 e. The van der Waals surface area contributed by atoms with Crippen molar-refractivity contribution in [1.82, 2.24) is 19.8 Å². The summed E-state index contributed by atoms with van der Waals surface area (Å²) in [7, 11) is 5.83. The second-order valence-corrected chi connectivity index (χ2v) is 5.11. The van der Waals surface area contributed by atoms with E-state index < -0.39 is 0 Å². The molecule has 6 nitrogen and oxygen atoms in total. The van der Waals surface area contributed by atoms with E-state index in [1.807, 2.05) is 14.1 Å². The van der Waals surface area contributed by atoms with Crippen LogP contribution in [0.4, 0.5) is 5.95 Å². The number of likely N-dealkylation sites (N-methyl/N-ethyl adjacent to an activating group) is 1. The van der Waals surface area contributed by atoms with Gasteiger partial charge in [-0.15, -0.1) is 0 Å². The minimum absolute atomic E-state index is 0.0294. The zero-order valence-electron chi connectivity index (χ0n) is 12.9. The van der Waals surface area contributed by atoms with Crippen molar-refractivity contribution in [1.29, 1.82) is 0 Å². The number of amides is 1. The summed E-state index contributed by atoms with van der Waals surface area (Å²) in [6, 6.07) is 0. The summed E-state index contributed by atoms with van der Waals surface area (Å²) >= 11 is 0. The number of nitrogens with zero attached hydrogens (tertiary/aromatic N) is 4. The van der Waals surface area contributed by atoms with E-state index >= 15 is 0 Å². The number of anilines is 1. The molecule has 112 valence electrons. The number of nitrogens with one attached hydrogen (secondary N) is 1.